The maximum atomic E-state index is 11.3. The zero-order valence-electron chi connectivity index (χ0n) is 8.08. The molecule has 0 aliphatic carbocycles. The van der Waals surface area contributed by atoms with Gasteiger partial charge in [0.2, 0.25) is 0 Å². The van der Waals surface area contributed by atoms with Crippen LogP contribution in [0.1, 0.15) is 18.2 Å². The SMILES string of the molecule is C=C(SC(=C)c1cccs1)C(=O)CC. The second-order valence-electron chi connectivity index (χ2n) is 2.70. The summed E-state index contributed by atoms with van der Waals surface area (Å²) in [5.74, 6) is 0.0905. The molecule has 0 N–H and O–H groups in total. The second kappa shape index (κ2) is 5.17. The van der Waals surface area contributed by atoms with Crippen LogP contribution in [0, 0.1) is 0 Å². The first-order valence-corrected chi connectivity index (χ1v) is 5.97. The summed E-state index contributed by atoms with van der Waals surface area (Å²) in [6, 6.07) is 3.96. The molecule has 0 unspecified atom stereocenters. The second-order valence-corrected chi connectivity index (χ2v) is 4.84. The van der Waals surface area contributed by atoms with Crippen LogP contribution in [0.2, 0.25) is 0 Å². The lowest BCUT2D eigenvalue weighted by molar-refractivity contribution is -0.114. The van der Waals surface area contributed by atoms with Crippen LogP contribution < -0.4 is 0 Å². The Balaban J connectivity index is 2.58. The van der Waals surface area contributed by atoms with Crippen molar-refractivity contribution in [1.82, 2.24) is 0 Å². The first-order chi connectivity index (χ1) is 6.65. The molecule has 1 heterocycles. The number of carbonyl (C=O) groups is 1. The summed E-state index contributed by atoms with van der Waals surface area (Å²) in [6.45, 7) is 9.48. The highest BCUT2D eigenvalue weighted by Gasteiger charge is 2.08. The standard InChI is InChI=1S/C11H12OS2/c1-4-10(12)8(2)14-9(3)11-6-5-7-13-11/h5-7H,2-4H2,1H3. The number of ketones is 1. The minimum absolute atomic E-state index is 0.0905. The van der Waals surface area contributed by atoms with Crippen molar-refractivity contribution in [3.05, 3.63) is 40.5 Å². The molecule has 3 heteroatoms. The van der Waals surface area contributed by atoms with Crippen molar-refractivity contribution >= 4 is 33.8 Å². The Hall–Kier alpha value is -0.800. The van der Waals surface area contributed by atoms with Crippen LogP contribution in [0.15, 0.2) is 35.6 Å². The number of carbonyl (C=O) groups excluding carboxylic acids is 1. The number of thioether (sulfide) groups is 1. The summed E-state index contributed by atoms with van der Waals surface area (Å²) in [5, 5.41) is 1.99. The largest absolute Gasteiger partial charge is 0.294 e. The fourth-order valence-corrected chi connectivity index (χ4v) is 2.48. The van der Waals surface area contributed by atoms with Crippen LogP contribution in [0.5, 0.6) is 0 Å². The minimum Gasteiger partial charge on any atom is -0.294 e. The first kappa shape index (κ1) is 11.3. The summed E-state index contributed by atoms with van der Waals surface area (Å²) < 4.78 is 0. The molecular formula is C11H12OS2. The van der Waals surface area contributed by atoms with Crippen molar-refractivity contribution in [2.24, 2.45) is 0 Å². The van der Waals surface area contributed by atoms with Gasteiger partial charge in [0.25, 0.3) is 0 Å². The Bertz CT molecular complexity index is 349. The van der Waals surface area contributed by atoms with Gasteiger partial charge in [-0.1, -0.05) is 37.9 Å². The predicted molar refractivity (Wildman–Crippen MR) is 65.4 cm³/mol. The van der Waals surface area contributed by atoms with E-state index in [0.717, 1.165) is 9.78 Å². The third-order valence-electron chi connectivity index (χ3n) is 1.67. The summed E-state index contributed by atoms with van der Waals surface area (Å²) in [4.78, 5) is 13.8. The number of thiophene rings is 1. The van der Waals surface area contributed by atoms with Crippen LogP contribution in [0.4, 0.5) is 0 Å². The van der Waals surface area contributed by atoms with Gasteiger partial charge in [-0.25, -0.2) is 0 Å². The van der Waals surface area contributed by atoms with Crippen molar-refractivity contribution in [1.29, 1.82) is 0 Å². The molecule has 0 amide bonds. The van der Waals surface area contributed by atoms with Gasteiger partial charge in [-0.15, -0.1) is 11.3 Å². The molecule has 1 aromatic heterocycles. The molecule has 0 spiro atoms. The van der Waals surface area contributed by atoms with E-state index in [-0.39, 0.29) is 5.78 Å². The fraction of sp³-hybridized carbons (Fsp3) is 0.182. The molecule has 1 aromatic rings. The van der Waals surface area contributed by atoms with E-state index in [1.54, 1.807) is 11.3 Å². The van der Waals surface area contributed by atoms with E-state index >= 15 is 0 Å². The van der Waals surface area contributed by atoms with Crippen LogP contribution in [0.25, 0.3) is 4.91 Å². The summed E-state index contributed by atoms with van der Waals surface area (Å²) in [5.41, 5.74) is 0. The molecule has 0 aliphatic heterocycles. The highest BCUT2D eigenvalue weighted by Crippen LogP contribution is 2.34. The monoisotopic (exact) mass is 224 g/mol. The van der Waals surface area contributed by atoms with Crippen LogP contribution in [-0.4, -0.2) is 5.78 Å². The number of hydrogen-bond acceptors (Lipinski definition) is 3. The molecule has 0 fully saturated rings. The molecule has 1 rings (SSSR count). The minimum atomic E-state index is 0.0905. The molecular weight excluding hydrogens is 212 g/mol. The van der Waals surface area contributed by atoms with Crippen molar-refractivity contribution in [3.63, 3.8) is 0 Å². The van der Waals surface area contributed by atoms with E-state index < -0.39 is 0 Å². The molecule has 14 heavy (non-hydrogen) atoms. The van der Waals surface area contributed by atoms with Gasteiger partial charge in [0.1, 0.15) is 0 Å². The van der Waals surface area contributed by atoms with Crippen molar-refractivity contribution in [3.8, 4) is 0 Å². The summed E-state index contributed by atoms with van der Waals surface area (Å²) in [6.07, 6.45) is 0.504. The number of allylic oxidation sites excluding steroid dienone is 1. The maximum absolute atomic E-state index is 11.3. The molecule has 1 nitrogen and oxygen atoms in total. The zero-order chi connectivity index (χ0) is 10.6. The number of hydrogen-bond donors (Lipinski definition) is 0. The van der Waals surface area contributed by atoms with Crippen molar-refractivity contribution in [2.45, 2.75) is 13.3 Å². The Labute approximate surface area is 92.5 Å². The quantitative estimate of drug-likeness (QED) is 0.705. The van der Waals surface area contributed by atoms with Crippen LogP contribution >= 0.6 is 23.1 Å². The third kappa shape index (κ3) is 2.86. The van der Waals surface area contributed by atoms with E-state index in [1.807, 2.05) is 24.4 Å². The number of rotatable bonds is 5. The predicted octanol–water partition coefficient (Wildman–Crippen LogP) is 3.94. The van der Waals surface area contributed by atoms with Gasteiger partial charge in [0.15, 0.2) is 5.78 Å². The maximum Gasteiger partial charge on any atom is 0.168 e. The fourth-order valence-electron chi connectivity index (χ4n) is 0.890. The van der Waals surface area contributed by atoms with Crippen molar-refractivity contribution in [2.75, 3.05) is 0 Å². The molecule has 74 valence electrons. The lowest BCUT2D eigenvalue weighted by Crippen LogP contribution is -1.94. The van der Waals surface area contributed by atoms with Gasteiger partial charge < -0.3 is 0 Å². The molecule has 0 bridgehead atoms. The summed E-state index contributed by atoms with van der Waals surface area (Å²) in [7, 11) is 0. The van der Waals surface area contributed by atoms with Gasteiger partial charge in [-0.3, -0.25) is 4.79 Å². The third-order valence-corrected chi connectivity index (χ3v) is 3.67. The van der Waals surface area contributed by atoms with Gasteiger partial charge in [0, 0.05) is 21.1 Å². The smallest absolute Gasteiger partial charge is 0.168 e. The lowest BCUT2D eigenvalue weighted by Gasteiger charge is -2.03. The highest BCUT2D eigenvalue weighted by atomic mass is 32.2. The molecule has 0 aromatic carbocycles. The van der Waals surface area contributed by atoms with E-state index in [9.17, 15) is 4.79 Å². The molecule has 0 radical (unpaired) electrons. The van der Waals surface area contributed by atoms with E-state index in [4.69, 9.17) is 0 Å². The van der Waals surface area contributed by atoms with E-state index in [1.165, 1.54) is 11.8 Å². The average molecular weight is 224 g/mol. The normalized spacial score (nSPS) is 9.79. The van der Waals surface area contributed by atoms with E-state index in [2.05, 4.69) is 13.2 Å². The molecule has 0 aliphatic rings. The first-order valence-electron chi connectivity index (χ1n) is 4.28. The van der Waals surface area contributed by atoms with Gasteiger partial charge >= 0.3 is 0 Å². The average Bonchev–Trinajstić information content (AvgIpc) is 2.69. The zero-order valence-corrected chi connectivity index (χ0v) is 9.71. The van der Waals surface area contributed by atoms with Crippen LogP contribution in [0.3, 0.4) is 0 Å². The lowest BCUT2D eigenvalue weighted by atomic mass is 10.3. The Morgan fingerprint density at radius 2 is 2.29 bits per heavy atom. The molecule has 0 saturated heterocycles. The van der Waals surface area contributed by atoms with Crippen LogP contribution in [-0.2, 0) is 4.79 Å². The topological polar surface area (TPSA) is 17.1 Å². The Morgan fingerprint density at radius 3 is 2.79 bits per heavy atom. The molecule has 0 atom stereocenters. The van der Waals surface area contributed by atoms with E-state index in [0.29, 0.717) is 11.3 Å². The highest BCUT2D eigenvalue weighted by molar-refractivity contribution is 8.12. The van der Waals surface area contributed by atoms with Gasteiger partial charge in [-0.2, -0.15) is 0 Å². The molecule has 0 saturated carbocycles. The number of Topliss-reactive ketones (excluding diaryl/α,β-unsaturated/α-hetero) is 1. The van der Waals surface area contributed by atoms with Crippen molar-refractivity contribution < 1.29 is 4.79 Å². The Kier molecular flexibility index (Phi) is 4.17. The summed E-state index contributed by atoms with van der Waals surface area (Å²) >= 11 is 2.98. The van der Waals surface area contributed by atoms with Gasteiger partial charge in [0.05, 0.1) is 0 Å². The van der Waals surface area contributed by atoms with Gasteiger partial charge in [-0.05, 0) is 11.4 Å². The Morgan fingerprint density at radius 1 is 1.57 bits per heavy atom.